The Morgan fingerprint density at radius 2 is 2.09 bits per heavy atom. The number of aryl methyl sites for hydroxylation is 1. The van der Waals surface area contributed by atoms with Crippen molar-refractivity contribution in [3.63, 3.8) is 0 Å². The standard InChI is InChI=1S/C15H17N3O2S2/c1-3-4-9-17-11(2)10-22-15(17)14(21)16-12-5-7-13(8-6-12)18(19)20/h5-8,10H,3-4,9H2,1-2H3/p+1. The molecule has 1 heterocycles. The molecular formula is C15H18N3O2S2+. The average Bonchev–Trinajstić information content (AvgIpc) is 2.86. The van der Waals surface area contributed by atoms with Crippen molar-refractivity contribution in [3.05, 3.63) is 50.5 Å². The van der Waals surface area contributed by atoms with E-state index in [0.717, 1.165) is 30.1 Å². The number of rotatable bonds is 6. The van der Waals surface area contributed by atoms with Crippen LogP contribution in [0, 0.1) is 17.0 Å². The minimum Gasteiger partial charge on any atom is -0.340 e. The predicted molar refractivity (Wildman–Crippen MR) is 92.6 cm³/mol. The molecule has 0 aliphatic rings. The Morgan fingerprint density at radius 1 is 1.41 bits per heavy atom. The second-order valence-corrected chi connectivity index (χ2v) is 6.21. The molecule has 0 bridgehead atoms. The molecule has 1 aromatic carbocycles. The minimum atomic E-state index is -0.413. The van der Waals surface area contributed by atoms with Crippen LogP contribution in [-0.4, -0.2) is 9.91 Å². The molecular weight excluding hydrogens is 318 g/mol. The maximum Gasteiger partial charge on any atom is 0.297 e. The van der Waals surface area contributed by atoms with Gasteiger partial charge in [0.1, 0.15) is 6.54 Å². The lowest BCUT2D eigenvalue weighted by atomic mass is 10.3. The summed E-state index contributed by atoms with van der Waals surface area (Å²) in [7, 11) is 0. The lowest BCUT2D eigenvalue weighted by Gasteiger charge is -2.05. The first-order chi connectivity index (χ1) is 10.5. The van der Waals surface area contributed by atoms with Crippen molar-refractivity contribution in [2.45, 2.75) is 33.2 Å². The van der Waals surface area contributed by atoms with Gasteiger partial charge >= 0.3 is 0 Å². The van der Waals surface area contributed by atoms with Crippen LogP contribution < -0.4 is 9.88 Å². The Morgan fingerprint density at radius 3 is 2.68 bits per heavy atom. The van der Waals surface area contributed by atoms with E-state index in [9.17, 15) is 10.1 Å². The third-order valence-corrected chi connectivity index (χ3v) is 4.81. The third kappa shape index (κ3) is 3.86. The summed E-state index contributed by atoms with van der Waals surface area (Å²) in [4.78, 5) is 10.9. The van der Waals surface area contributed by atoms with E-state index in [-0.39, 0.29) is 5.69 Å². The second kappa shape index (κ2) is 7.42. The first-order valence-corrected chi connectivity index (χ1v) is 8.35. The first-order valence-electron chi connectivity index (χ1n) is 7.06. The summed E-state index contributed by atoms with van der Waals surface area (Å²) < 4.78 is 2.22. The molecule has 1 aromatic heterocycles. The fraction of sp³-hybridized carbons (Fsp3) is 0.333. The summed E-state index contributed by atoms with van der Waals surface area (Å²) in [5.74, 6) is 0. The Labute approximate surface area is 138 Å². The number of benzene rings is 1. The van der Waals surface area contributed by atoms with Gasteiger partial charge in [-0.2, -0.15) is 4.57 Å². The van der Waals surface area contributed by atoms with Crippen molar-refractivity contribution in [1.29, 1.82) is 0 Å². The molecule has 0 unspecified atom stereocenters. The monoisotopic (exact) mass is 336 g/mol. The molecule has 0 amide bonds. The van der Waals surface area contributed by atoms with E-state index in [0.29, 0.717) is 4.99 Å². The number of hydrogen-bond acceptors (Lipinski definition) is 4. The quantitative estimate of drug-likeness (QED) is 0.377. The number of thiazole rings is 1. The molecule has 0 aliphatic carbocycles. The van der Waals surface area contributed by atoms with Crippen molar-refractivity contribution >= 4 is 39.9 Å². The maximum absolute atomic E-state index is 10.7. The number of hydrogen-bond donors (Lipinski definition) is 1. The Bertz CT molecular complexity index is 681. The van der Waals surface area contributed by atoms with Gasteiger partial charge in [-0.3, -0.25) is 10.1 Å². The number of thiocarbonyl (C=S) groups is 1. The summed E-state index contributed by atoms with van der Waals surface area (Å²) >= 11 is 7.10. The number of nitrogens with zero attached hydrogens (tertiary/aromatic N) is 2. The molecule has 22 heavy (non-hydrogen) atoms. The van der Waals surface area contributed by atoms with Crippen LogP contribution in [0.15, 0.2) is 29.6 Å². The lowest BCUT2D eigenvalue weighted by molar-refractivity contribution is -0.699. The van der Waals surface area contributed by atoms with Gasteiger partial charge in [-0.1, -0.05) is 36.9 Å². The van der Waals surface area contributed by atoms with Crippen molar-refractivity contribution in [3.8, 4) is 0 Å². The number of nitro groups is 1. The Balaban J connectivity index is 2.13. The zero-order valence-electron chi connectivity index (χ0n) is 12.5. The molecule has 0 atom stereocenters. The van der Waals surface area contributed by atoms with Crippen LogP contribution in [-0.2, 0) is 6.54 Å². The highest BCUT2D eigenvalue weighted by molar-refractivity contribution is 7.81. The van der Waals surface area contributed by atoms with E-state index in [4.69, 9.17) is 12.2 Å². The fourth-order valence-corrected chi connectivity index (χ4v) is 3.35. The van der Waals surface area contributed by atoms with E-state index >= 15 is 0 Å². The summed E-state index contributed by atoms with van der Waals surface area (Å²) in [6.07, 6.45) is 2.24. The first kappa shape index (κ1) is 16.5. The van der Waals surface area contributed by atoms with Gasteiger partial charge in [-0.05, 0) is 12.1 Å². The molecule has 2 aromatic rings. The van der Waals surface area contributed by atoms with E-state index in [1.807, 2.05) is 0 Å². The smallest absolute Gasteiger partial charge is 0.297 e. The topological polar surface area (TPSA) is 59.0 Å². The van der Waals surface area contributed by atoms with E-state index in [2.05, 4.69) is 29.1 Å². The highest BCUT2D eigenvalue weighted by Crippen LogP contribution is 2.17. The summed E-state index contributed by atoms with van der Waals surface area (Å²) in [6, 6.07) is 6.27. The lowest BCUT2D eigenvalue weighted by Crippen LogP contribution is -2.41. The Hall–Kier alpha value is -1.86. The SMILES string of the molecule is CCCC[n+]1c(C)csc1C(=S)Nc1ccc([N+](=O)[O-])cc1. The van der Waals surface area contributed by atoms with E-state index < -0.39 is 4.92 Å². The van der Waals surface area contributed by atoms with Crippen LogP contribution in [0.25, 0.3) is 0 Å². The summed E-state index contributed by atoms with van der Waals surface area (Å²) in [5, 5.41) is 16.9. The molecule has 2 rings (SSSR count). The van der Waals surface area contributed by atoms with Gasteiger partial charge in [0.2, 0.25) is 0 Å². The van der Waals surface area contributed by atoms with Gasteiger partial charge < -0.3 is 5.32 Å². The highest BCUT2D eigenvalue weighted by Gasteiger charge is 2.21. The van der Waals surface area contributed by atoms with Gasteiger partial charge in [0.15, 0.2) is 10.7 Å². The minimum absolute atomic E-state index is 0.0708. The average molecular weight is 336 g/mol. The van der Waals surface area contributed by atoms with E-state index in [1.165, 1.54) is 17.8 Å². The predicted octanol–water partition coefficient (Wildman–Crippen LogP) is 3.84. The van der Waals surface area contributed by atoms with Crippen molar-refractivity contribution in [2.24, 2.45) is 0 Å². The van der Waals surface area contributed by atoms with Crippen LogP contribution >= 0.6 is 23.6 Å². The molecule has 0 saturated heterocycles. The van der Waals surface area contributed by atoms with Crippen LogP contribution in [0.5, 0.6) is 0 Å². The van der Waals surface area contributed by atoms with Gasteiger partial charge in [0, 0.05) is 31.2 Å². The van der Waals surface area contributed by atoms with Crippen molar-refractivity contribution < 1.29 is 9.49 Å². The highest BCUT2D eigenvalue weighted by atomic mass is 32.1. The number of unbranched alkanes of at least 4 members (excludes halogenated alkanes) is 1. The molecule has 0 aliphatic heterocycles. The fourth-order valence-electron chi connectivity index (χ4n) is 2.05. The van der Waals surface area contributed by atoms with E-state index in [1.54, 1.807) is 23.5 Å². The summed E-state index contributed by atoms with van der Waals surface area (Å²) in [5.41, 5.74) is 2.02. The maximum atomic E-state index is 10.7. The van der Waals surface area contributed by atoms with Crippen LogP contribution in [0.1, 0.15) is 30.5 Å². The van der Waals surface area contributed by atoms with Gasteiger partial charge in [0.25, 0.3) is 10.7 Å². The number of aromatic nitrogens is 1. The Kier molecular flexibility index (Phi) is 5.57. The second-order valence-electron chi connectivity index (χ2n) is 4.95. The van der Waals surface area contributed by atoms with Gasteiger partial charge in [-0.25, -0.2) is 0 Å². The van der Waals surface area contributed by atoms with Gasteiger partial charge in [0.05, 0.1) is 10.3 Å². The van der Waals surface area contributed by atoms with Crippen molar-refractivity contribution in [1.82, 2.24) is 0 Å². The molecule has 0 fully saturated rings. The molecule has 7 heteroatoms. The number of non-ortho nitro benzene ring substituents is 1. The zero-order chi connectivity index (χ0) is 16.1. The number of nitrogens with one attached hydrogen (secondary N) is 1. The normalized spacial score (nSPS) is 10.5. The van der Waals surface area contributed by atoms with Crippen LogP contribution in [0.4, 0.5) is 11.4 Å². The van der Waals surface area contributed by atoms with Crippen molar-refractivity contribution in [2.75, 3.05) is 5.32 Å². The third-order valence-electron chi connectivity index (χ3n) is 3.28. The molecule has 116 valence electrons. The molecule has 1 N–H and O–H groups in total. The van der Waals surface area contributed by atoms with Crippen LogP contribution in [0.2, 0.25) is 0 Å². The largest absolute Gasteiger partial charge is 0.340 e. The number of anilines is 1. The molecule has 0 radical (unpaired) electrons. The molecule has 5 nitrogen and oxygen atoms in total. The van der Waals surface area contributed by atoms with Crippen LogP contribution in [0.3, 0.4) is 0 Å². The molecule has 0 saturated carbocycles. The summed E-state index contributed by atoms with van der Waals surface area (Å²) in [6.45, 7) is 5.18. The number of nitro benzene ring substituents is 1. The zero-order valence-corrected chi connectivity index (χ0v) is 14.2. The van der Waals surface area contributed by atoms with Gasteiger partial charge in [-0.15, -0.1) is 0 Å². The molecule has 0 spiro atoms.